The van der Waals surface area contributed by atoms with E-state index in [1.54, 1.807) is 12.1 Å². The van der Waals surface area contributed by atoms with Crippen LogP contribution in [-0.4, -0.2) is 47.8 Å². The number of nitrogens with zero attached hydrogens (tertiary/aromatic N) is 1. The molecule has 3 rings (SSSR count). The van der Waals surface area contributed by atoms with E-state index in [0.29, 0.717) is 18.7 Å². The second-order valence-electron chi connectivity index (χ2n) is 8.07. The normalized spacial score (nSPS) is 19.6. The lowest BCUT2D eigenvalue weighted by Crippen LogP contribution is -2.55. The van der Waals surface area contributed by atoms with Crippen LogP contribution in [0.5, 0.6) is 0 Å². The Morgan fingerprint density at radius 3 is 2.25 bits per heavy atom. The second kappa shape index (κ2) is 9.22. The standard InChI is InChI=1S/C22H31N3O3/c1-3-15(2)23-21(27)19(24-20(26)17-7-5-4-6-8-17)16-11-13-25(14-12-16)22(28)18-9-10-18/h4-8,15-16,18-19H,3,9-14H2,1-2H3,(H,23,27)(H,24,26)/t15-,19+/m1/s1. The molecule has 0 aromatic heterocycles. The number of rotatable bonds is 7. The van der Waals surface area contributed by atoms with Crippen molar-refractivity contribution >= 4 is 17.7 Å². The molecule has 28 heavy (non-hydrogen) atoms. The molecular formula is C22H31N3O3. The molecule has 2 atom stereocenters. The molecule has 2 N–H and O–H groups in total. The van der Waals surface area contributed by atoms with Crippen molar-refractivity contribution in [2.75, 3.05) is 13.1 Å². The Bertz CT molecular complexity index is 694. The molecule has 1 saturated heterocycles. The van der Waals surface area contributed by atoms with Crippen molar-refractivity contribution < 1.29 is 14.4 Å². The molecule has 1 aliphatic heterocycles. The van der Waals surface area contributed by atoms with Gasteiger partial charge in [0.25, 0.3) is 5.91 Å². The number of carbonyl (C=O) groups excluding carboxylic acids is 3. The third-order valence-electron chi connectivity index (χ3n) is 5.86. The van der Waals surface area contributed by atoms with E-state index in [-0.39, 0.29) is 35.6 Å². The largest absolute Gasteiger partial charge is 0.352 e. The third-order valence-corrected chi connectivity index (χ3v) is 5.86. The molecule has 0 spiro atoms. The molecule has 152 valence electrons. The Morgan fingerprint density at radius 1 is 1.04 bits per heavy atom. The van der Waals surface area contributed by atoms with Gasteiger partial charge in [0.2, 0.25) is 11.8 Å². The summed E-state index contributed by atoms with van der Waals surface area (Å²) < 4.78 is 0. The quantitative estimate of drug-likeness (QED) is 0.756. The van der Waals surface area contributed by atoms with Crippen molar-refractivity contribution in [2.24, 2.45) is 11.8 Å². The van der Waals surface area contributed by atoms with Crippen LogP contribution < -0.4 is 10.6 Å². The molecular weight excluding hydrogens is 354 g/mol. The van der Waals surface area contributed by atoms with Gasteiger partial charge in [-0.1, -0.05) is 25.1 Å². The summed E-state index contributed by atoms with van der Waals surface area (Å²) in [5.74, 6) is 0.137. The van der Waals surface area contributed by atoms with Gasteiger partial charge in [0, 0.05) is 30.6 Å². The van der Waals surface area contributed by atoms with Crippen molar-refractivity contribution in [1.29, 1.82) is 0 Å². The first-order valence-corrected chi connectivity index (χ1v) is 10.4. The minimum absolute atomic E-state index is 0.0278. The molecule has 0 unspecified atom stereocenters. The van der Waals surface area contributed by atoms with Crippen molar-refractivity contribution in [3.8, 4) is 0 Å². The summed E-state index contributed by atoms with van der Waals surface area (Å²) in [6.45, 7) is 5.30. The fourth-order valence-corrected chi connectivity index (χ4v) is 3.69. The van der Waals surface area contributed by atoms with Crippen LogP contribution in [0.1, 0.15) is 56.3 Å². The predicted octanol–water partition coefficient (Wildman–Crippen LogP) is 2.35. The lowest BCUT2D eigenvalue weighted by Gasteiger charge is -2.36. The first kappa shape index (κ1) is 20.4. The Hall–Kier alpha value is -2.37. The minimum Gasteiger partial charge on any atom is -0.352 e. The molecule has 3 amide bonds. The van der Waals surface area contributed by atoms with Gasteiger partial charge in [-0.05, 0) is 57.1 Å². The highest BCUT2D eigenvalue weighted by Crippen LogP contribution is 2.33. The Kier molecular flexibility index (Phi) is 6.70. The average Bonchev–Trinajstić information content (AvgIpc) is 3.57. The molecule has 1 heterocycles. The monoisotopic (exact) mass is 385 g/mol. The van der Waals surface area contributed by atoms with Crippen LogP contribution >= 0.6 is 0 Å². The van der Waals surface area contributed by atoms with E-state index < -0.39 is 6.04 Å². The highest BCUT2D eigenvalue weighted by atomic mass is 16.2. The summed E-state index contributed by atoms with van der Waals surface area (Å²) in [4.78, 5) is 39.8. The molecule has 1 saturated carbocycles. The molecule has 1 aliphatic carbocycles. The number of nitrogens with one attached hydrogen (secondary N) is 2. The van der Waals surface area contributed by atoms with E-state index in [0.717, 1.165) is 32.1 Å². The summed E-state index contributed by atoms with van der Waals surface area (Å²) in [5, 5.41) is 5.97. The lowest BCUT2D eigenvalue weighted by molar-refractivity contribution is -0.134. The van der Waals surface area contributed by atoms with Crippen LogP contribution in [0.3, 0.4) is 0 Å². The molecule has 6 nitrogen and oxygen atoms in total. The first-order chi connectivity index (χ1) is 13.5. The topological polar surface area (TPSA) is 78.5 Å². The number of benzene rings is 1. The number of likely N-dealkylation sites (tertiary alicyclic amines) is 1. The van der Waals surface area contributed by atoms with Gasteiger partial charge in [0.15, 0.2) is 0 Å². The van der Waals surface area contributed by atoms with Gasteiger partial charge < -0.3 is 15.5 Å². The van der Waals surface area contributed by atoms with Crippen molar-refractivity contribution in [3.05, 3.63) is 35.9 Å². The molecule has 6 heteroatoms. The van der Waals surface area contributed by atoms with Gasteiger partial charge in [-0.3, -0.25) is 14.4 Å². The zero-order chi connectivity index (χ0) is 20.1. The van der Waals surface area contributed by atoms with E-state index in [1.807, 2.05) is 36.9 Å². The summed E-state index contributed by atoms with van der Waals surface area (Å²) in [6, 6.07) is 8.44. The van der Waals surface area contributed by atoms with Crippen molar-refractivity contribution in [1.82, 2.24) is 15.5 Å². The highest BCUT2D eigenvalue weighted by Gasteiger charge is 2.38. The van der Waals surface area contributed by atoms with Gasteiger partial charge in [-0.25, -0.2) is 0 Å². The van der Waals surface area contributed by atoms with Gasteiger partial charge >= 0.3 is 0 Å². The molecule has 1 aromatic carbocycles. The Labute approximate surface area is 167 Å². The Morgan fingerprint density at radius 2 is 1.68 bits per heavy atom. The van der Waals surface area contributed by atoms with E-state index in [2.05, 4.69) is 10.6 Å². The number of hydrogen-bond donors (Lipinski definition) is 2. The summed E-state index contributed by atoms with van der Waals surface area (Å²) in [5.41, 5.74) is 0.546. The first-order valence-electron chi connectivity index (χ1n) is 10.4. The van der Waals surface area contributed by atoms with Crippen LogP contribution in [0.25, 0.3) is 0 Å². The summed E-state index contributed by atoms with van der Waals surface area (Å²) in [7, 11) is 0. The highest BCUT2D eigenvalue weighted by molar-refractivity contribution is 5.97. The maximum atomic E-state index is 12.9. The molecule has 1 aromatic rings. The van der Waals surface area contributed by atoms with E-state index in [1.165, 1.54) is 0 Å². The van der Waals surface area contributed by atoms with Gasteiger partial charge in [0.1, 0.15) is 6.04 Å². The molecule has 2 aliphatic rings. The SMILES string of the molecule is CC[C@@H](C)NC(=O)[C@@H](NC(=O)c1ccccc1)C1CCN(C(=O)C2CC2)CC1. The zero-order valence-electron chi connectivity index (χ0n) is 16.8. The minimum atomic E-state index is -0.583. The summed E-state index contributed by atoms with van der Waals surface area (Å²) >= 11 is 0. The number of piperidine rings is 1. The van der Waals surface area contributed by atoms with E-state index >= 15 is 0 Å². The number of amides is 3. The molecule has 0 radical (unpaired) electrons. The average molecular weight is 386 g/mol. The van der Waals surface area contributed by atoms with Crippen LogP contribution in [0, 0.1) is 11.8 Å². The Balaban J connectivity index is 1.66. The van der Waals surface area contributed by atoms with Crippen LogP contribution in [0.4, 0.5) is 0 Å². The molecule has 2 fully saturated rings. The van der Waals surface area contributed by atoms with Crippen molar-refractivity contribution in [3.63, 3.8) is 0 Å². The maximum absolute atomic E-state index is 12.9. The fourth-order valence-electron chi connectivity index (χ4n) is 3.69. The third kappa shape index (κ3) is 5.12. The number of carbonyl (C=O) groups is 3. The van der Waals surface area contributed by atoms with Crippen LogP contribution in [0.15, 0.2) is 30.3 Å². The van der Waals surface area contributed by atoms with E-state index in [9.17, 15) is 14.4 Å². The van der Waals surface area contributed by atoms with Gasteiger partial charge in [0.05, 0.1) is 0 Å². The zero-order valence-corrected chi connectivity index (χ0v) is 16.8. The van der Waals surface area contributed by atoms with Crippen LogP contribution in [0.2, 0.25) is 0 Å². The lowest BCUT2D eigenvalue weighted by atomic mass is 9.88. The van der Waals surface area contributed by atoms with Gasteiger partial charge in [-0.2, -0.15) is 0 Å². The van der Waals surface area contributed by atoms with E-state index in [4.69, 9.17) is 0 Å². The van der Waals surface area contributed by atoms with Gasteiger partial charge in [-0.15, -0.1) is 0 Å². The van der Waals surface area contributed by atoms with Crippen LogP contribution in [-0.2, 0) is 9.59 Å². The second-order valence-corrected chi connectivity index (χ2v) is 8.07. The smallest absolute Gasteiger partial charge is 0.251 e. The number of hydrogen-bond acceptors (Lipinski definition) is 3. The maximum Gasteiger partial charge on any atom is 0.251 e. The van der Waals surface area contributed by atoms with Crippen molar-refractivity contribution in [2.45, 2.75) is 58.0 Å². The predicted molar refractivity (Wildman–Crippen MR) is 108 cm³/mol. The molecule has 0 bridgehead atoms. The summed E-state index contributed by atoms with van der Waals surface area (Å²) in [6.07, 6.45) is 4.30. The fraction of sp³-hybridized carbons (Fsp3) is 0.591.